The van der Waals surface area contributed by atoms with Gasteiger partial charge in [-0.3, -0.25) is 4.98 Å². The predicted molar refractivity (Wildman–Crippen MR) is 108 cm³/mol. The number of aromatic nitrogens is 3. The number of benzene rings is 1. The van der Waals surface area contributed by atoms with E-state index in [-0.39, 0.29) is 11.6 Å². The maximum Gasteiger partial charge on any atom is 0.165 e. The largest absolute Gasteiger partial charge is 0.453 e. The summed E-state index contributed by atoms with van der Waals surface area (Å²) in [7, 11) is 0. The summed E-state index contributed by atoms with van der Waals surface area (Å²) in [5.41, 5.74) is 4.02. The Morgan fingerprint density at radius 3 is 3.00 bits per heavy atom. The van der Waals surface area contributed by atoms with Crippen LogP contribution in [0, 0.1) is 12.7 Å². The molecule has 0 atom stereocenters. The zero-order chi connectivity index (χ0) is 19.1. The number of hydrogen-bond donors (Lipinski definition) is 0. The summed E-state index contributed by atoms with van der Waals surface area (Å²) in [6.07, 6.45) is 4.10. The van der Waals surface area contributed by atoms with Crippen molar-refractivity contribution < 1.29 is 9.13 Å². The van der Waals surface area contributed by atoms with Crippen LogP contribution in [0.15, 0.2) is 48.2 Å². The van der Waals surface area contributed by atoms with Crippen molar-refractivity contribution in [1.82, 2.24) is 15.0 Å². The second-order valence-electron chi connectivity index (χ2n) is 6.82. The third-order valence-electron chi connectivity index (χ3n) is 4.85. The number of halogens is 1. The van der Waals surface area contributed by atoms with Gasteiger partial charge >= 0.3 is 0 Å². The highest BCUT2D eigenvalue weighted by Crippen LogP contribution is 2.32. The van der Waals surface area contributed by atoms with Gasteiger partial charge in [-0.15, -0.1) is 11.3 Å². The smallest absolute Gasteiger partial charge is 0.165 e. The first-order valence-corrected chi connectivity index (χ1v) is 9.90. The van der Waals surface area contributed by atoms with Crippen molar-refractivity contribution in [2.75, 3.05) is 11.4 Å². The van der Waals surface area contributed by atoms with Crippen molar-refractivity contribution in [3.8, 4) is 11.5 Å². The van der Waals surface area contributed by atoms with Crippen LogP contribution in [0.25, 0.3) is 10.2 Å². The fourth-order valence-corrected chi connectivity index (χ4v) is 4.32. The van der Waals surface area contributed by atoms with Crippen LogP contribution in [0.3, 0.4) is 0 Å². The number of anilines is 1. The highest BCUT2D eigenvalue weighted by atomic mass is 32.1. The standard InChI is InChI=1S/C21H17FN4OS/c1-13-2-3-16(22)19(8-13)27-15-9-14-11-26(6-4-17(14)23-10-15)21-20-18(5-7-28-20)24-12-25-21/h2-3,5,7-10,12H,4,6,11H2,1H3. The quantitative estimate of drug-likeness (QED) is 0.497. The first kappa shape index (κ1) is 17.1. The molecule has 5 nitrogen and oxygen atoms in total. The second-order valence-corrected chi connectivity index (χ2v) is 7.73. The van der Waals surface area contributed by atoms with Gasteiger partial charge < -0.3 is 9.64 Å². The van der Waals surface area contributed by atoms with Gasteiger partial charge in [-0.1, -0.05) is 6.07 Å². The number of hydrogen-bond acceptors (Lipinski definition) is 6. The molecular weight excluding hydrogens is 375 g/mol. The Balaban J connectivity index is 1.44. The van der Waals surface area contributed by atoms with Gasteiger partial charge in [0.25, 0.3) is 0 Å². The van der Waals surface area contributed by atoms with Gasteiger partial charge in [0.1, 0.15) is 17.9 Å². The van der Waals surface area contributed by atoms with Crippen LogP contribution in [0.1, 0.15) is 16.8 Å². The summed E-state index contributed by atoms with van der Waals surface area (Å²) in [5.74, 6) is 1.31. The molecule has 0 aliphatic carbocycles. The summed E-state index contributed by atoms with van der Waals surface area (Å²) >= 11 is 1.65. The molecule has 5 rings (SSSR count). The average Bonchev–Trinajstić information content (AvgIpc) is 3.19. The molecule has 7 heteroatoms. The number of pyridine rings is 1. The molecule has 0 bridgehead atoms. The van der Waals surface area contributed by atoms with Crippen LogP contribution >= 0.6 is 11.3 Å². The number of thiophene rings is 1. The lowest BCUT2D eigenvalue weighted by Crippen LogP contribution is -2.31. The van der Waals surface area contributed by atoms with E-state index in [2.05, 4.69) is 19.9 Å². The predicted octanol–water partition coefficient (Wildman–Crippen LogP) is 4.89. The molecule has 0 saturated heterocycles. The van der Waals surface area contributed by atoms with E-state index in [1.54, 1.807) is 36.0 Å². The Morgan fingerprint density at radius 2 is 2.07 bits per heavy atom. The van der Waals surface area contributed by atoms with Gasteiger partial charge in [0, 0.05) is 25.2 Å². The SMILES string of the molecule is Cc1ccc(F)c(Oc2cnc3c(c2)CN(c2ncnc4ccsc24)CC3)c1. The third kappa shape index (κ3) is 3.07. The van der Waals surface area contributed by atoms with Crippen LogP contribution in [0.5, 0.6) is 11.5 Å². The van der Waals surface area contributed by atoms with E-state index in [9.17, 15) is 4.39 Å². The summed E-state index contributed by atoms with van der Waals surface area (Å²) < 4.78 is 20.9. The molecule has 1 aromatic carbocycles. The van der Waals surface area contributed by atoms with Crippen LogP contribution in [-0.2, 0) is 13.0 Å². The summed E-state index contributed by atoms with van der Waals surface area (Å²) in [6.45, 7) is 3.43. The molecule has 3 aromatic heterocycles. The number of fused-ring (bicyclic) bond motifs is 2. The highest BCUT2D eigenvalue weighted by molar-refractivity contribution is 7.17. The monoisotopic (exact) mass is 392 g/mol. The minimum absolute atomic E-state index is 0.213. The fourth-order valence-electron chi connectivity index (χ4n) is 3.46. The molecule has 0 N–H and O–H groups in total. The molecule has 0 spiro atoms. The van der Waals surface area contributed by atoms with Crippen molar-refractivity contribution in [2.45, 2.75) is 19.9 Å². The molecule has 0 saturated carbocycles. The minimum atomic E-state index is -0.383. The molecule has 0 radical (unpaired) electrons. The summed E-state index contributed by atoms with van der Waals surface area (Å²) in [5, 5.41) is 2.03. The van der Waals surface area contributed by atoms with E-state index in [4.69, 9.17) is 4.74 Å². The van der Waals surface area contributed by atoms with Gasteiger partial charge in [-0.05, 0) is 47.7 Å². The Bertz CT molecular complexity index is 1180. The first-order valence-electron chi connectivity index (χ1n) is 9.02. The van der Waals surface area contributed by atoms with E-state index in [1.807, 2.05) is 24.4 Å². The fraction of sp³-hybridized carbons (Fsp3) is 0.190. The highest BCUT2D eigenvalue weighted by Gasteiger charge is 2.21. The topological polar surface area (TPSA) is 51.1 Å². The van der Waals surface area contributed by atoms with E-state index < -0.39 is 0 Å². The van der Waals surface area contributed by atoms with E-state index in [1.165, 1.54) is 6.07 Å². The van der Waals surface area contributed by atoms with Crippen LogP contribution < -0.4 is 9.64 Å². The third-order valence-corrected chi connectivity index (χ3v) is 5.75. The molecule has 1 aliphatic rings. The maximum atomic E-state index is 14.0. The molecular formula is C21H17FN4OS. The van der Waals surface area contributed by atoms with Gasteiger partial charge in [0.15, 0.2) is 11.6 Å². The van der Waals surface area contributed by atoms with E-state index in [0.29, 0.717) is 12.3 Å². The number of aryl methyl sites for hydroxylation is 1. The molecule has 1 aliphatic heterocycles. The average molecular weight is 392 g/mol. The minimum Gasteiger partial charge on any atom is -0.453 e. The van der Waals surface area contributed by atoms with E-state index >= 15 is 0 Å². The maximum absolute atomic E-state index is 14.0. The van der Waals surface area contributed by atoms with Gasteiger partial charge in [-0.2, -0.15) is 0 Å². The molecule has 140 valence electrons. The summed E-state index contributed by atoms with van der Waals surface area (Å²) in [6, 6.07) is 8.78. The molecule has 4 heterocycles. The molecule has 0 unspecified atom stereocenters. The lowest BCUT2D eigenvalue weighted by molar-refractivity contribution is 0.438. The normalized spacial score (nSPS) is 13.6. The van der Waals surface area contributed by atoms with Crippen LogP contribution in [0.2, 0.25) is 0 Å². The Hall–Kier alpha value is -3.06. The lowest BCUT2D eigenvalue weighted by atomic mass is 10.1. The van der Waals surface area contributed by atoms with Crippen LogP contribution in [0.4, 0.5) is 10.2 Å². The van der Waals surface area contributed by atoms with E-state index in [0.717, 1.165) is 45.8 Å². The van der Waals surface area contributed by atoms with Crippen LogP contribution in [-0.4, -0.2) is 21.5 Å². The second kappa shape index (κ2) is 6.83. The summed E-state index contributed by atoms with van der Waals surface area (Å²) in [4.78, 5) is 15.6. The molecule has 28 heavy (non-hydrogen) atoms. The van der Waals surface area contributed by atoms with Crippen molar-refractivity contribution in [1.29, 1.82) is 0 Å². The van der Waals surface area contributed by atoms with Crippen molar-refractivity contribution >= 4 is 27.4 Å². The number of ether oxygens (including phenoxy) is 1. The molecule has 4 aromatic rings. The van der Waals surface area contributed by atoms with Crippen molar-refractivity contribution in [3.05, 3.63) is 70.9 Å². The Kier molecular flexibility index (Phi) is 4.16. The van der Waals surface area contributed by atoms with Crippen molar-refractivity contribution in [3.63, 3.8) is 0 Å². The number of rotatable bonds is 3. The Morgan fingerprint density at radius 1 is 1.14 bits per heavy atom. The Labute approximate surface area is 165 Å². The van der Waals surface area contributed by atoms with Gasteiger partial charge in [0.2, 0.25) is 0 Å². The van der Waals surface area contributed by atoms with Crippen molar-refractivity contribution in [2.24, 2.45) is 0 Å². The molecule has 0 fully saturated rings. The lowest BCUT2D eigenvalue weighted by Gasteiger charge is -2.29. The van der Waals surface area contributed by atoms with Gasteiger partial charge in [0.05, 0.1) is 16.4 Å². The number of nitrogens with zero attached hydrogens (tertiary/aromatic N) is 4. The first-order chi connectivity index (χ1) is 13.7. The zero-order valence-corrected chi connectivity index (χ0v) is 16.0. The van der Waals surface area contributed by atoms with Gasteiger partial charge in [-0.25, -0.2) is 14.4 Å². The molecule has 0 amide bonds. The zero-order valence-electron chi connectivity index (χ0n) is 15.2.